The van der Waals surface area contributed by atoms with Gasteiger partial charge in [0.1, 0.15) is 13.1 Å². The molecule has 1 aromatic carbocycles. The number of rotatable bonds is 3. The molecular formula is C16H19ClN4O5S. The Hall–Kier alpha value is -1.98. The predicted molar refractivity (Wildman–Crippen MR) is 100 cm³/mol. The maximum atomic E-state index is 12.9. The number of fused-ring (bicyclic) bond motifs is 2. The topological polar surface area (TPSA) is 115 Å². The molecule has 2 aliphatic heterocycles. The first-order chi connectivity index (χ1) is 12.4. The molecule has 1 fully saturated rings. The number of aromatic nitrogens is 2. The van der Waals surface area contributed by atoms with Gasteiger partial charge in [0.15, 0.2) is 4.90 Å². The van der Waals surface area contributed by atoms with Crippen molar-refractivity contribution >= 4 is 33.6 Å². The van der Waals surface area contributed by atoms with E-state index in [4.69, 9.17) is 4.74 Å². The first-order valence-corrected chi connectivity index (χ1v) is 9.75. The zero-order valence-corrected chi connectivity index (χ0v) is 16.0. The monoisotopic (exact) mass is 414 g/mol. The van der Waals surface area contributed by atoms with E-state index < -0.39 is 20.0 Å². The first-order valence-electron chi connectivity index (χ1n) is 8.27. The van der Waals surface area contributed by atoms with Crippen LogP contribution in [0, 0.1) is 5.21 Å². The molecule has 0 saturated carbocycles. The predicted octanol–water partition coefficient (Wildman–Crippen LogP) is 0.821. The van der Waals surface area contributed by atoms with Gasteiger partial charge in [-0.15, -0.1) is 12.4 Å². The van der Waals surface area contributed by atoms with Gasteiger partial charge in [-0.3, -0.25) is 4.79 Å². The van der Waals surface area contributed by atoms with Crippen LogP contribution in [0.5, 0.6) is 0 Å². The van der Waals surface area contributed by atoms with Gasteiger partial charge in [0.05, 0.1) is 48.8 Å². The maximum absolute atomic E-state index is 12.9. The number of halogens is 1. The maximum Gasteiger partial charge on any atom is 0.285 e. The van der Waals surface area contributed by atoms with E-state index in [1.54, 1.807) is 23.1 Å². The highest BCUT2D eigenvalue weighted by Gasteiger charge is 2.37. The molecule has 146 valence electrons. The van der Waals surface area contributed by atoms with Crippen molar-refractivity contribution in [3.05, 3.63) is 46.0 Å². The molecule has 4 rings (SSSR count). The van der Waals surface area contributed by atoms with E-state index in [2.05, 4.69) is 10.2 Å². The summed E-state index contributed by atoms with van der Waals surface area (Å²) in [6.07, 6.45) is 1.32. The highest BCUT2D eigenvalue weighted by molar-refractivity contribution is 7.92. The number of hydrogen-bond acceptors (Lipinski definition) is 7. The molecule has 0 radical (unpaired) electrons. The molecule has 0 bridgehead atoms. The van der Waals surface area contributed by atoms with Crippen LogP contribution in [0.2, 0.25) is 0 Å². The minimum Gasteiger partial charge on any atom is -0.633 e. The lowest BCUT2D eigenvalue weighted by atomic mass is 10.2. The zero-order valence-electron chi connectivity index (χ0n) is 14.3. The molecule has 27 heavy (non-hydrogen) atoms. The molecule has 2 aliphatic rings. The fourth-order valence-electron chi connectivity index (χ4n) is 3.40. The zero-order chi connectivity index (χ0) is 18.4. The van der Waals surface area contributed by atoms with E-state index in [1.165, 1.54) is 12.3 Å². The average Bonchev–Trinajstić information content (AvgIpc) is 2.62. The number of anilines is 2. The van der Waals surface area contributed by atoms with Crippen molar-refractivity contribution in [1.82, 2.24) is 10.2 Å². The van der Waals surface area contributed by atoms with Crippen molar-refractivity contribution in [3.8, 4) is 0 Å². The van der Waals surface area contributed by atoms with Crippen molar-refractivity contribution in [2.75, 3.05) is 44.3 Å². The Morgan fingerprint density at radius 3 is 2.67 bits per heavy atom. The molecule has 0 spiro atoms. The summed E-state index contributed by atoms with van der Waals surface area (Å²) in [4.78, 5) is 13.6. The number of para-hydroxylation sites is 1. The van der Waals surface area contributed by atoms with E-state index >= 15 is 0 Å². The molecule has 0 amide bonds. The van der Waals surface area contributed by atoms with Gasteiger partial charge in [0, 0.05) is 0 Å². The normalized spacial score (nSPS) is 19.5. The van der Waals surface area contributed by atoms with Crippen molar-refractivity contribution in [2.45, 2.75) is 9.79 Å². The van der Waals surface area contributed by atoms with Gasteiger partial charge >= 0.3 is 0 Å². The Kier molecular flexibility index (Phi) is 5.28. The third-order valence-corrected chi connectivity index (χ3v) is 6.67. The molecule has 1 aromatic heterocycles. The molecule has 2 aromatic rings. The van der Waals surface area contributed by atoms with Crippen molar-refractivity contribution in [1.29, 1.82) is 0 Å². The van der Waals surface area contributed by atoms with Crippen LogP contribution in [0.1, 0.15) is 0 Å². The summed E-state index contributed by atoms with van der Waals surface area (Å²) < 4.78 is 30.6. The molecule has 3 heterocycles. The van der Waals surface area contributed by atoms with Crippen LogP contribution in [0.25, 0.3) is 0 Å². The molecule has 9 nitrogen and oxygen atoms in total. The number of hydrogen-bond donors (Lipinski definition) is 1. The number of H-pyrrole nitrogens is 1. The largest absolute Gasteiger partial charge is 0.633 e. The van der Waals surface area contributed by atoms with E-state index in [9.17, 15) is 18.4 Å². The van der Waals surface area contributed by atoms with Gasteiger partial charge in [-0.25, -0.2) is 13.5 Å². The van der Waals surface area contributed by atoms with Crippen LogP contribution in [-0.2, 0) is 14.6 Å². The highest BCUT2D eigenvalue weighted by Crippen LogP contribution is 2.41. The Morgan fingerprint density at radius 2 is 1.93 bits per heavy atom. The van der Waals surface area contributed by atoms with Gasteiger partial charge < -0.3 is 19.5 Å². The van der Waals surface area contributed by atoms with Gasteiger partial charge in [0.2, 0.25) is 9.84 Å². The Morgan fingerprint density at radius 1 is 1.22 bits per heavy atom. The number of morpholine rings is 1. The third-order valence-electron chi connectivity index (χ3n) is 4.81. The summed E-state index contributed by atoms with van der Waals surface area (Å²) in [6.45, 7) is 2.05. The molecule has 11 heteroatoms. The van der Waals surface area contributed by atoms with E-state index in [0.717, 1.165) is 0 Å². The molecule has 1 N–H and O–H groups in total. The summed E-state index contributed by atoms with van der Waals surface area (Å²) in [6, 6.07) is 6.48. The van der Waals surface area contributed by atoms with Crippen LogP contribution in [0.3, 0.4) is 0 Å². The summed E-state index contributed by atoms with van der Waals surface area (Å²) in [5, 5.41) is 18.7. The second-order valence-electron chi connectivity index (χ2n) is 6.38. The third kappa shape index (κ3) is 3.34. The quantitative estimate of drug-likeness (QED) is 0.583. The summed E-state index contributed by atoms with van der Waals surface area (Å²) in [7, 11) is -3.95. The molecule has 0 aliphatic carbocycles. The van der Waals surface area contributed by atoms with Crippen LogP contribution in [0.15, 0.2) is 45.0 Å². The minimum atomic E-state index is -3.95. The van der Waals surface area contributed by atoms with Crippen molar-refractivity contribution < 1.29 is 17.8 Å². The summed E-state index contributed by atoms with van der Waals surface area (Å²) >= 11 is 0. The van der Waals surface area contributed by atoms with Crippen LogP contribution < -0.4 is 10.5 Å². The number of nitrogens with zero attached hydrogens (tertiary/aromatic N) is 3. The van der Waals surface area contributed by atoms with E-state index in [0.29, 0.717) is 32.0 Å². The van der Waals surface area contributed by atoms with Crippen molar-refractivity contribution in [2.24, 2.45) is 0 Å². The Bertz CT molecular complexity index is 1000. The molecular weight excluding hydrogens is 396 g/mol. The minimum absolute atomic E-state index is 0. The lowest BCUT2D eigenvalue weighted by Gasteiger charge is -2.46. The fourth-order valence-corrected chi connectivity index (χ4v) is 5.06. The molecule has 0 atom stereocenters. The Balaban J connectivity index is 0.00000210. The van der Waals surface area contributed by atoms with Gasteiger partial charge in [0.25, 0.3) is 5.56 Å². The van der Waals surface area contributed by atoms with Crippen LogP contribution in [-0.4, -0.2) is 62.7 Å². The van der Waals surface area contributed by atoms with Gasteiger partial charge in [-0.2, -0.15) is 5.10 Å². The van der Waals surface area contributed by atoms with E-state index in [-0.39, 0.29) is 41.0 Å². The fraction of sp³-hybridized carbons (Fsp3) is 0.375. The molecule has 0 unspecified atom stereocenters. The number of hydroxylamine groups is 3. The number of quaternary nitrogens is 1. The summed E-state index contributed by atoms with van der Waals surface area (Å²) in [5.74, 6) is 0. The first kappa shape index (κ1) is 19.8. The second-order valence-corrected chi connectivity index (χ2v) is 8.23. The van der Waals surface area contributed by atoms with Crippen LogP contribution >= 0.6 is 12.4 Å². The van der Waals surface area contributed by atoms with Crippen molar-refractivity contribution in [3.63, 3.8) is 0 Å². The average molecular weight is 415 g/mol. The number of aromatic amines is 1. The smallest absolute Gasteiger partial charge is 0.285 e. The van der Waals surface area contributed by atoms with Gasteiger partial charge in [-0.1, -0.05) is 12.1 Å². The van der Waals surface area contributed by atoms with Gasteiger partial charge in [-0.05, 0) is 12.1 Å². The van der Waals surface area contributed by atoms with E-state index in [1.807, 2.05) is 0 Å². The Labute approximate surface area is 162 Å². The molecule has 1 saturated heterocycles. The number of benzene rings is 1. The standard InChI is InChI=1S/C16H18N4O5S.ClH/c21-16-15-13(11-17-18-16)19(5-6-20(22)7-9-25-10-8-20)12-3-1-2-4-14(12)26(15,23)24;/h1-4,11H,5-10H2,(H,18,21);1H. The summed E-state index contributed by atoms with van der Waals surface area (Å²) in [5.41, 5.74) is -0.112. The number of sulfone groups is 1. The lowest BCUT2D eigenvalue weighted by Crippen LogP contribution is -2.53. The lowest BCUT2D eigenvalue weighted by molar-refractivity contribution is -0.887. The SMILES string of the molecule is Cl.O=c1[nH]ncc2c1S(=O)(=O)c1ccccc1N2CC[N+]1([O-])CCOCC1. The second kappa shape index (κ2) is 7.21. The number of nitrogens with one attached hydrogen (secondary N) is 1. The van der Waals surface area contributed by atoms with Crippen LogP contribution in [0.4, 0.5) is 11.4 Å². The highest BCUT2D eigenvalue weighted by atomic mass is 35.5. The number of ether oxygens (including phenoxy) is 1.